The summed E-state index contributed by atoms with van der Waals surface area (Å²) in [6.07, 6.45) is 49.1. The van der Waals surface area contributed by atoms with Crippen LogP contribution in [0.3, 0.4) is 0 Å². The Bertz CT molecular complexity index is 895. The Labute approximate surface area is 351 Å². The molecule has 330 valence electrons. The summed E-state index contributed by atoms with van der Waals surface area (Å²) in [6, 6.07) is 0. The van der Waals surface area contributed by atoms with Crippen LogP contribution in [0.1, 0.15) is 220 Å². The fourth-order valence-electron chi connectivity index (χ4n) is 7.73. The molecule has 0 fully saturated rings. The van der Waals surface area contributed by atoms with E-state index in [0.29, 0.717) is 26.1 Å². The van der Waals surface area contributed by atoms with Crippen molar-refractivity contribution in [3.63, 3.8) is 0 Å². The van der Waals surface area contributed by atoms with Crippen LogP contribution in [0.5, 0.6) is 0 Å². The van der Waals surface area contributed by atoms with Crippen LogP contribution in [0.4, 0.5) is 0 Å². The van der Waals surface area contributed by atoms with Crippen LogP contribution in [0, 0.1) is 11.8 Å². The zero-order chi connectivity index (χ0) is 41.2. The highest BCUT2D eigenvalue weighted by molar-refractivity contribution is 7.57. The third kappa shape index (κ3) is 39.6. The largest absolute Gasteiger partial charge is 0.461 e. The van der Waals surface area contributed by atoms with Crippen molar-refractivity contribution in [3.8, 4) is 0 Å². The van der Waals surface area contributed by atoms with Crippen molar-refractivity contribution in [1.29, 1.82) is 0 Å². The van der Waals surface area contributed by atoms with Gasteiger partial charge < -0.3 is 14.4 Å². The van der Waals surface area contributed by atoms with Gasteiger partial charge in [0.2, 0.25) is 0 Å². The maximum atomic E-state index is 12.3. The highest BCUT2D eigenvalue weighted by Crippen LogP contribution is 2.39. The van der Waals surface area contributed by atoms with Gasteiger partial charge in [-0.2, -0.15) is 0 Å². The third-order valence-electron chi connectivity index (χ3n) is 11.3. The molecule has 56 heavy (non-hydrogen) atoms. The number of unbranched alkanes of at least 4 members (excludes halogenated alkanes) is 15. The second-order valence-corrected chi connectivity index (χ2v) is 19.9. The molecule has 0 N–H and O–H groups in total. The lowest BCUT2D eigenvalue weighted by Crippen LogP contribution is -2.13. The van der Waals surface area contributed by atoms with Crippen LogP contribution in [0.25, 0.3) is 0 Å². The molecule has 0 aliphatic carbocycles. The lowest BCUT2D eigenvalue weighted by molar-refractivity contribution is -0.143. The van der Waals surface area contributed by atoms with Gasteiger partial charge in [0.25, 0.3) is 0 Å². The van der Waals surface area contributed by atoms with E-state index < -0.39 is 0 Å². The summed E-state index contributed by atoms with van der Waals surface area (Å²) in [4.78, 5) is 26.8. The Morgan fingerprint density at radius 3 is 1.27 bits per heavy atom. The average molecular weight is 806 g/mol. The molecule has 0 aliphatic heterocycles. The maximum Gasteiger partial charge on any atom is 0.306 e. The van der Waals surface area contributed by atoms with Crippen molar-refractivity contribution < 1.29 is 19.1 Å². The van der Waals surface area contributed by atoms with Gasteiger partial charge in [0.15, 0.2) is 0 Å². The number of rotatable bonds is 43. The molecule has 0 amide bonds. The Hall–Kier alpha value is -1.19. The van der Waals surface area contributed by atoms with Crippen molar-refractivity contribution >= 4 is 19.9 Å². The van der Waals surface area contributed by atoms with Gasteiger partial charge in [-0.3, -0.25) is 9.59 Å². The first-order valence-electron chi connectivity index (χ1n) is 24.3. The smallest absolute Gasteiger partial charge is 0.306 e. The maximum absolute atomic E-state index is 12.3. The highest BCUT2D eigenvalue weighted by Gasteiger charge is 2.10. The van der Waals surface area contributed by atoms with Crippen LogP contribution in [0.2, 0.25) is 0 Å². The molecule has 2 unspecified atom stereocenters. The summed E-state index contributed by atoms with van der Waals surface area (Å²) >= 11 is 0. The lowest BCUT2D eigenvalue weighted by Gasteiger charge is -2.18. The summed E-state index contributed by atoms with van der Waals surface area (Å²) in [6.45, 7) is 11.2. The Morgan fingerprint density at radius 2 is 0.857 bits per heavy atom. The van der Waals surface area contributed by atoms with E-state index in [0.717, 1.165) is 50.4 Å². The number of hydrogen-bond donors (Lipinski definition) is 0. The van der Waals surface area contributed by atoms with Crippen LogP contribution < -0.4 is 0 Å². The van der Waals surface area contributed by atoms with Gasteiger partial charge >= 0.3 is 11.9 Å². The minimum absolute atomic E-state index is 0.0369. The summed E-state index contributed by atoms with van der Waals surface area (Å²) in [5, 5.41) is 0. The first kappa shape index (κ1) is 54.8. The van der Waals surface area contributed by atoms with E-state index in [1.807, 2.05) is 0 Å². The highest BCUT2D eigenvalue weighted by atomic mass is 31.1. The van der Waals surface area contributed by atoms with E-state index in [1.165, 1.54) is 166 Å². The van der Waals surface area contributed by atoms with E-state index in [2.05, 4.69) is 71.0 Å². The van der Waals surface area contributed by atoms with Gasteiger partial charge in [0.05, 0.1) is 0 Å². The number of carbonyl (C=O) groups excluding carboxylic acids is 2. The number of ether oxygens (including phenoxy) is 2. The molecule has 0 spiro atoms. The van der Waals surface area contributed by atoms with Crippen molar-refractivity contribution in [1.82, 2.24) is 4.90 Å². The Kier molecular flexibility index (Phi) is 42.5. The second-order valence-electron chi connectivity index (χ2n) is 17.2. The summed E-state index contributed by atoms with van der Waals surface area (Å²) in [7, 11) is 4.47. The summed E-state index contributed by atoms with van der Waals surface area (Å²) < 4.78 is 11.0. The zero-order valence-corrected chi connectivity index (χ0v) is 39.3. The predicted molar refractivity (Wildman–Crippen MR) is 248 cm³/mol. The molecule has 6 heteroatoms. The second kappa shape index (κ2) is 43.4. The molecule has 0 radical (unpaired) electrons. The number of carbonyl (C=O) groups is 2. The normalized spacial score (nSPS) is 13.1. The summed E-state index contributed by atoms with van der Waals surface area (Å²) in [5.41, 5.74) is 0. The van der Waals surface area contributed by atoms with E-state index >= 15 is 0 Å². The van der Waals surface area contributed by atoms with Crippen LogP contribution in [0.15, 0.2) is 24.3 Å². The molecule has 0 rings (SSSR count). The van der Waals surface area contributed by atoms with Gasteiger partial charge in [0, 0.05) is 12.8 Å². The van der Waals surface area contributed by atoms with Crippen molar-refractivity contribution in [2.45, 2.75) is 220 Å². The van der Waals surface area contributed by atoms with Crippen molar-refractivity contribution in [2.75, 3.05) is 52.3 Å². The van der Waals surface area contributed by atoms with Crippen LogP contribution in [-0.2, 0) is 19.1 Å². The first-order valence-corrected chi connectivity index (χ1v) is 26.2. The molecule has 0 saturated heterocycles. The van der Waals surface area contributed by atoms with Gasteiger partial charge in [-0.15, -0.1) is 7.92 Å². The number of esters is 2. The van der Waals surface area contributed by atoms with E-state index in [-0.39, 0.29) is 19.9 Å². The van der Waals surface area contributed by atoms with Gasteiger partial charge in [-0.25, -0.2) is 0 Å². The number of allylic oxidation sites excluding steroid dienone is 2. The topological polar surface area (TPSA) is 55.8 Å². The van der Waals surface area contributed by atoms with E-state index in [1.54, 1.807) is 0 Å². The standard InChI is InChI=1S/C50H96NO4P/c1-7-11-20-34-47(33-10-4)37-25-28-42-54-49(52)39-23-16-14-18-30-44-56(46-32-27-41-51(5)6)45-31-19-15-17-24-40-50(53)55-43-29-26-38-48(35-21-12-8-2)36-22-13-9-3/h25-26,28-29,47-48H,7-24,27,30-46H2,1-6H3. The molecule has 0 aromatic carbocycles. The predicted octanol–water partition coefficient (Wildman–Crippen LogP) is 15.2. The number of nitrogens with zero attached hydrogens (tertiary/aromatic N) is 1. The Morgan fingerprint density at radius 1 is 0.464 bits per heavy atom. The van der Waals surface area contributed by atoms with Crippen LogP contribution >= 0.6 is 7.92 Å². The molecule has 0 aromatic heterocycles. The molecule has 0 heterocycles. The molecule has 0 aliphatic rings. The first-order chi connectivity index (χ1) is 27.4. The van der Waals surface area contributed by atoms with Gasteiger partial charge in [0.1, 0.15) is 13.2 Å². The third-order valence-corrected chi connectivity index (χ3v) is 14.2. The van der Waals surface area contributed by atoms with Gasteiger partial charge in [-0.1, -0.05) is 180 Å². The Balaban J connectivity index is 4.15. The average Bonchev–Trinajstić information content (AvgIpc) is 3.18. The summed E-state index contributed by atoms with van der Waals surface area (Å²) in [5.74, 6) is 1.48. The molecule has 5 nitrogen and oxygen atoms in total. The molecule has 0 bridgehead atoms. The quantitative estimate of drug-likeness (QED) is 0.0266. The molecule has 0 saturated carbocycles. The molecular weight excluding hydrogens is 710 g/mol. The minimum Gasteiger partial charge on any atom is -0.461 e. The molecular formula is C50H96NO4P. The van der Waals surface area contributed by atoms with Gasteiger partial charge in [-0.05, 0) is 102 Å². The zero-order valence-electron chi connectivity index (χ0n) is 38.4. The fourth-order valence-corrected chi connectivity index (χ4v) is 10.4. The molecule has 2 atom stereocenters. The fraction of sp³-hybridized carbons (Fsp3) is 0.880. The van der Waals surface area contributed by atoms with E-state index in [4.69, 9.17) is 9.47 Å². The van der Waals surface area contributed by atoms with Crippen molar-refractivity contribution in [3.05, 3.63) is 24.3 Å². The minimum atomic E-state index is -0.0404. The molecule has 0 aromatic rings. The number of hydrogen-bond acceptors (Lipinski definition) is 5. The monoisotopic (exact) mass is 806 g/mol. The van der Waals surface area contributed by atoms with Crippen LogP contribution in [-0.4, -0.2) is 69.2 Å². The van der Waals surface area contributed by atoms with Crippen molar-refractivity contribution in [2.24, 2.45) is 11.8 Å². The van der Waals surface area contributed by atoms with E-state index in [9.17, 15) is 9.59 Å². The SMILES string of the molecule is CCCCCC(CC=CCOC(=O)CCCCCCCP(CCCCCCCC(=O)OCC=CCC(CCCCC)CCCCC)CCCCN(C)C)CCC. The lowest BCUT2D eigenvalue weighted by atomic mass is 9.92.